The molecule has 1 N–H and O–H groups in total. The van der Waals surface area contributed by atoms with E-state index < -0.39 is 40.2 Å². The average molecular weight is 584 g/mol. The minimum absolute atomic E-state index is 0.00157. The number of anilines is 1. The first kappa shape index (κ1) is 30.2. The first-order chi connectivity index (χ1) is 19.6. The monoisotopic (exact) mass is 583 g/mol. The van der Waals surface area contributed by atoms with Gasteiger partial charge in [0.05, 0.1) is 10.6 Å². The number of carbonyl (C=O) groups is 2. The molecule has 1 fully saturated rings. The van der Waals surface area contributed by atoms with Crippen molar-refractivity contribution in [1.29, 1.82) is 0 Å². The lowest BCUT2D eigenvalue weighted by Gasteiger charge is -2.33. The van der Waals surface area contributed by atoms with E-state index in [0.29, 0.717) is 5.56 Å². The highest BCUT2D eigenvalue weighted by molar-refractivity contribution is 7.92. The Morgan fingerprint density at radius 1 is 0.927 bits per heavy atom. The van der Waals surface area contributed by atoms with E-state index in [4.69, 9.17) is 0 Å². The van der Waals surface area contributed by atoms with Crippen LogP contribution < -0.4 is 9.62 Å². The molecule has 2 amide bonds. The van der Waals surface area contributed by atoms with Crippen LogP contribution in [-0.2, 0) is 26.2 Å². The van der Waals surface area contributed by atoms with Gasteiger partial charge in [0.25, 0.3) is 10.0 Å². The number of nitrogens with zero attached hydrogens (tertiary/aromatic N) is 2. The van der Waals surface area contributed by atoms with Crippen molar-refractivity contribution in [3.05, 3.63) is 95.6 Å². The molecule has 1 atom stereocenters. The minimum Gasteiger partial charge on any atom is -0.352 e. The van der Waals surface area contributed by atoms with Crippen molar-refractivity contribution in [1.82, 2.24) is 10.2 Å². The number of benzene rings is 3. The highest BCUT2D eigenvalue weighted by atomic mass is 32.2. The van der Waals surface area contributed by atoms with Crippen molar-refractivity contribution in [2.24, 2.45) is 0 Å². The van der Waals surface area contributed by atoms with Gasteiger partial charge in [0.15, 0.2) is 0 Å². The fourth-order valence-corrected chi connectivity index (χ4v) is 6.36. The zero-order valence-corrected chi connectivity index (χ0v) is 24.0. The molecular formula is C31H35F2N3O4S. The number of amides is 2. The maximum atomic E-state index is 15.0. The van der Waals surface area contributed by atoms with E-state index in [9.17, 15) is 22.4 Å². The van der Waals surface area contributed by atoms with Crippen LogP contribution in [0.15, 0.2) is 77.7 Å². The van der Waals surface area contributed by atoms with Gasteiger partial charge in [-0.1, -0.05) is 61.2 Å². The Balaban J connectivity index is 1.68. The molecule has 0 aliphatic heterocycles. The van der Waals surface area contributed by atoms with Crippen LogP contribution in [0, 0.1) is 18.6 Å². The fraction of sp³-hybridized carbons (Fsp3) is 0.355. The number of nitrogens with one attached hydrogen (secondary N) is 1. The molecule has 1 aliphatic rings. The molecule has 0 aromatic heterocycles. The largest absolute Gasteiger partial charge is 0.352 e. The number of aryl methyl sites for hydroxylation is 1. The van der Waals surface area contributed by atoms with Crippen LogP contribution in [0.5, 0.6) is 0 Å². The summed E-state index contributed by atoms with van der Waals surface area (Å²) in [5.74, 6) is -2.35. The quantitative estimate of drug-likeness (QED) is 0.349. The van der Waals surface area contributed by atoms with Gasteiger partial charge in [0, 0.05) is 12.6 Å². The molecule has 3 aromatic carbocycles. The lowest BCUT2D eigenvalue weighted by atomic mass is 9.95. The summed E-state index contributed by atoms with van der Waals surface area (Å²) >= 11 is 0. The summed E-state index contributed by atoms with van der Waals surface area (Å²) in [6, 6.07) is 15.9. The van der Waals surface area contributed by atoms with Gasteiger partial charge in [-0.25, -0.2) is 17.2 Å². The molecule has 0 unspecified atom stereocenters. The van der Waals surface area contributed by atoms with Crippen LogP contribution >= 0.6 is 0 Å². The Morgan fingerprint density at radius 2 is 1.56 bits per heavy atom. The SMILES string of the molecule is Cc1ccc(S(=O)(=O)N(CC(=O)N(Cc2ccc(F)cc2)[C@H](C)C(=O)NC2CCCCC2)c2ccccc2F)cc1. The number of rotatable bonds is 10. The van der Waals surface area contributed by atoms with Crippen LogP contribution in [0.25, 0.3) is 0 Å². The van der Waals surface area contributed by atoms with E-state index in [1.54, 1.807) is 19.1 Å². The third-order valence-electron chi connectivity index (χ3n) is 7.39. The number of halogens is 2. The van der Waals surface area contributed by atoms with E-state index in [2.05, 4.69) is 5.32 Å². The molecule has 0 radical (unpaired) electrons. The van der Waals surface area contributed by atoms with E-state index in [1.807, 2.05) is 6.92 Å². The summed E-state index contributed by atoms with van der Waals surface area (Å²) in [6.45, 7) is 2.55. The second kappa shape index (κ2) is 13.2. The zero-order chi connectivity index (χ0) is 29.6. The lowest BCUT2D eigenvalue weighted by molar-refractivity contribution is -0.139. The van der Waals surface area contributed by atoms with Crippen LogP contribution in [-0.4, -0.2) is 43.8 Å². The normalized spacial score (nSPS) is 14.7. The Kier molecular flexibility index (Phi) is 9.75. The molecular weight excluding hydrogens is 548 g/mol. The second-order valence-electron chi connectivity index (χ2n) is 10.4. The third-order valence-corrected chi connectivity index (χ3v) is 9.17. The predicted octanol–water partition coefficient (Wildman–Crippen LogP) is 5.33. The molecule has 10 heteroatoms. The molecule has 0 bridgehead atoms. The second-order valence-corrected chi connectivity index (χ2v) is 12.3. The summed E-state index contributed by atoms with van der Waals surface area (Å²) < 4.78 is 56.9. The first-order valence-electron chi connectivity index (χ1n) is 13.7. The van der Waals surface area contributed by atoms with Crippen molar-refractivity contribution in [2.75, 3.05) is 10.8 Å². The Morgan fingerprint density at radius 3 is 2.20 bits per heavy atom. The third kappa shape index (κ3) is 7.49. The van der Waals surface area contributed by atoms with Gasteiger partial charge in [-0.3, -0.25) is 13.9 Å². The first-order valence-corrected chi connectivity index (χ1v) is 15.2. The average Bonchev–Trinajstić information content (AvgIpc) is 2.96. The molecule has 1 saturated carbocycles. The van der Waals surface area contributed by atoms with Gasteiger partial charge < -0.3 is 10.2 Å². The highest BCUT2D eigenvalue weighted by Crippen LogP contribution is 2.27. The maximum Gasteiger partial charge on any atom is 0.264 e. The van der Waals surface area contributed by atoms with Crippen LogP contribution in [0.4, 0.5) is 14.5 Å². The van der Waals surface area contributed by atoms with Gasteiger partial charge in [-0.15, -0.1) is 0 Å². The molecule has 0 spiro atoms. The molecule has 4 rings (SSSR count). The number of sulfonamides is 1. The summed E-state index contributed by atoms with van der Waals surface area (Å²) in [4.78, 5) is 28.4. The standard InChI is InChI=1S/C31H35F2N3O4S/c1-22-12-18-27(19-13-22)41(39,40)36(29-11-7-6-10-28(29)33)21-30(37)35(20-24-14-16-25(32)17-15-24)23(2)31(38)34-26-8-4-3-5-9-26/h6-7,10-19,23,26H,3-5,8-9,20-21H2,1-2H3,(H,34,38)/t23-/m1/s1. The zero-order valence-electron chi connectivity index (χ0n) is 23.2. The van der Waals surface area contributed by atoms with Gasteiger partial charge in [0.2, 0.25) is 11.8 Å². The van der Waals surface area contributed by atoms with Gasteiger partial charge >= 0.3 is 0 Å². The molecule has 0 saturated heterocycles. The summed E-state index contributed by atoms with van der Waals surface area (Å²) in [5, 5.41) is 3.02. The van der Waals surface area contributed by atoms with Crippen molar-refractivity contribution < 1.29 is 26.8 Å². The minimum atomic E-state index is -4.37. The predicted molar refractivity (Wildman–Crippen MR) is 154 cm³/mol. The molecule has 3 aromatic rings. The number of hydrogen-bond acceptors (Lipinski definition) is 4. The van der Waals surface area contributed by atoms with E-state index in [0.717, 1.165) is 48.0 Å². The van der Waals surface area contributed by atoms with E-state index in [-0.39, 0.29) is 29.1 Å². The Labute approximate surface area is 240 Å². The van der Waals surface area contributed by atoms with Crippen molar-refractivity contribution in [3.63, 3.8) is 0 Å². The van der Waals surface area contributed by atoms with Gasteiger partial charge in [0.1, 0.15) is 24.2 Å². The van der Waals surface area contributed by atoms with Crippen LogP contribution in [0.1, 0.15) is 50.2 Å². The van der Waals surface area contributed by atoms with Crippen LogP contribution in [0.3, 0.4) is 0 Å². The maximum absolute atomic E-state index is 15.0. The highest BCUT2D eigenvalue weighted by Gasteiger charge is 2.34. The van der Waals surface area contributed by atoms with E-state index >= 15 is 4.39 Å². The van der Waals surface area contributed by atoms with Crippen molar-refractivity contribution in [2.45, 2.75) is 69.5 Å². The molecule has 41 heavy (non-hydrogen) atoms. The topological polar surface area (TPSA) is 86.8 Å². The summed E-state index contributed by atoms with van der Waals surface area (Å²) in [6.07, 6.45) is 4.82. The molecule has 0 heterocycles. The molecule has 1 aliphatic carbocycles. The number of para-hydroxylation sites is 1. The van der Waals surface area contributed by atoms with E-state index in [1.165, 1.54) is 59.5 Å². The number of carbonyl (C=O) groups excluding carboxylic acids is 2. The smallest absolute Gasteiger partial charge is 0.264 e. The van der Waals surface area contributed by atoms with Crippen molar-refractivity contribution in [3.8, 4) is 0 Å². The van der Waals surface area contributed by atoms with Gasteiger partial charge in [-0.05, 0) is 68.7 Å². The molecule has 218 valence electrons. The van der Waals surface area contributed by atoms with Gasteiger partial charge in [-0.2, -0.15) is 0 Å². The summed E-state index contributed by atoms with van der Waals surface area (Å²) in [5.41, 5.74) is 1.10. The number of hydrogen-bond donors (Lipinski definition) is 1. The fourth-order valence-electron chi connectivity index (χ4n) is 4.94. The molecule has 7 nitrogen and oxygen atoms in total. The lowest BCUT2D eigenvalue weighted by Crippen LogP contribution is -2.53. The van der Waals surface area contributed by atoms with Crippen molar-refractivity contribution >= 4 is 27.5 Å². The summed E-state index contributed by atoms with van der Waals surface area (Å²) in [7, 11) is -4.37. The Hall–Kier alpha value is -3.79. The Bertz CT molecular complexity index is 1460. The van der Waals surface area contributed by atoms with Crippen LogP contribution in [0.2, 0.25) is 0 Å².